The Bertz CT molecular complexity index is 670. The number of carbonyl (C=O) groups is 1. The third kappa shape index (κ3) is 3.81. The van der Waals surface area contributed by atoms with Crippen LogP contribution in [0.4, 0.5) is 10.5 Å². The highest BCUT2D eigenvalue weighted by molar-refractivity contribution is 5.89. The molecule has 2 aromatic rings. The fourth-order valence-electron chi connectivity index (χ4n) is 2.82. The van der Waals surface area contributed by atoms with Crippen LogP contribution in [0.2, 0.25) is 0 Å². The molecule has 3 N–H and O–H groups in total. The molecule has 1 aliphatic rings. The van der Waals surface area contributed by atoms with Gasteiger partial charge in [-0.3, -0.25) is 0 Å². The van der Waals surface area contributed by atoms with Gasteiger partial charge in [-0.2, -0.15) is 0 Å². The lowest BCUT2D eigenvalue weighted by Gasteiger charge is -2.27. The van der Waals surface area contributed by atoms with Gasteiger partial charge in [-0.15, -0.1) is 0 Å². The van der Waals surface area contributed by atoms with Crippen molar-refractivity contribution in [1.29, 1.82) is 0 Å². The summed E-state index contributed by atoms with van der Waals surface area (Å²) in [4.78, 5) is 12.0. The Morgan fingerprint density at radius 3 is 2.78 bits per heavy atom. The Balaban J connectivity index is 1.55. The summed E-state index contributed by atoms with van der Waals surface area (Å²) in [6.07, 6.45) is 1.03. The van der Waals surface area contributed by atoms with Crippen LogP contribution in [0, 0.1) is 0 Å². The number of rotatable bonds is 4. The van der Waals surface area contributed by atoms with Gasteiger partial charge in [0.25, 0.3) is 0 Å². The molecule has 0 aromatic heterocycles. The molecular weight excluding hydrogens is 290 g/mol. The largest absolute Gasteiger partial charge is 0.497 e. The van der Waals surface area contributed by atoms with Crippen LogP contribution in [-0.2, 0) is 6.42 Å². The molecule has 0 radical (unpaired) electrons. The lowest BCUT2D eigenvalue weighted by Crippen LogP contribution is -2.40. The number of urea groups is 1. The van der Waals surface area contributed by atoms with Gasteiger partial charge < -0.3 is 20.7 Å². The third-order valence-corrected chi connectivity index (χ3v) is 4.03. The van der Waals surface area contributed by atoms with Crippen molar-refractivity contribution < 1.29 is 9.53 Å². The Labute approximate surface area is 136 Å². The van der Waals surface area contributed by atoms with Crippen LogP contribution in [0.15, 0.2) is 48.5 Å². The number of hydrogen-bond acceptors (Lipinski definition) is 3. The van der Waals surface area contributed by atoms with Crippen molar-refractivity contribution >= 4 is 11.7 Å². The molecule has 2 amide bonds. The molecule has 0 bridgehead atoms. The highest BCUT2D eigenvalue weighted by Crippen LogP contribution is 2.22. The molecule has 1 heterocycles. The minimum atomic E-state index is -0.208. The Morgan fingerprint density at radius 1 is 1.22 bits per heavy atom. The summed E-state index contributed by atoms with van der Waals surface area (Å²) in [6.45, 7) is 1.49. The van der Waals surface area contributed by atoms with Gasteiger partial charge in [0.15, 0.2) is 0 Å². The standard InChI is InChI=1S/C18H21N3O2/c1-23-15-8-6-14(7-9-15)21-18(22)20-12-17-16-5-3-2-4-13(16)10-11-19-17/h2-9,17,19H,10-12H2,1H3,(H2,20,21,22). The fourth-order valence-corrected chi connectivity index (χ4v) is 2.82. The molecule has 1 unspecified atom stereocenters. The minimum Gasteiger partial charge on any atom is -0.497 e. The molecule has 2 aromatic carbocycles. The Hall–Kier alpha value is -2.53. The van der Waals surface area contributed by atoms with Crippen LogP contribution in [0.1, 0.15) is 17.2 Å². The Kier molecular flexibility index (Phi) is 4.78. The second kappa shape index (κ2) is 7.15. The molecule has 0 fully saturated rings. The van der Waals surface area contributed by atoms with Crippen LogP contribution >= 0.6 is 0 Å². The summed E-state index contributed by atoms with van der Waals surface area (Å²) >= 11 is 0. The number of methoxy groups -OCH3 is 1. The number of hydrogen-bond donors (Lipinski definition) is 3. The van der Waals surface area contributed by atoms with E-state index in [1.807, 2.05) is 30.3 Å². The number of fused-ring (bicyclic) bond motifs is 1. The highest BCUT2D eigenvalue weighted by Gasteiger charge is 2.19. The van der Waals surface area contributed by atoms with E-state index in [1.165, 1.54) is 11.1 Å². The third-order valence-electron chi connectivity index (χ3n) is 4.03. The number of ether oxygens (including phenoxy) is 1. The number of nitrogens with one attached hydrogen (secondary N) is 3. The number of carbonyl (C=O) groups excluding carboxylic acids is 1. The normalized spacial score (nSPS) is 16.3. The average molecular weight is 311 g/mol. The summed E-state index contributed by atoms with van der Waals surface area (Å²) in [5, 5.41) is 9.20. The maximum absolute atomic E-state index is 12.0. The quantitative estimate of drug-likeness (QED) is 0.813. The molecule has 120 valence electrons. The second-order valence-electron chi connectivity index (χ2n) is 5.52. The molecule has 0 saturated carbocycles. The summed E-state index contributed by atoms with van der Waals surface area (Å²) < 4.78 is 5.10. The first-order valence-electron chi connectivity index (χ1n) is 7.76. The zero-order valence-corrected chi connectivity index (χ0v) is 13.1. The van der Waals surface area contributed by atoms with Crippen molar-refractivity contribution in [2.24, 2.45) is 0 Å². The maximum atomic E-state index is 12.0. The van der Waals surface area contributed by atoms with Gasteiger partial charge in [0.05, 0.1) is 7.11 Å². The Morgan fingerprint density at radius 2 is 2.00 bits per heavy atom. The van der Waals surface area contributed by atoms with Crippen molar-refractivity contribution in [3.63, 3.8) is 0 Å². The fraction of sp³-hybridized carbons (Fsp3) is 0.278. The van der Waals surface area contributed by atoms with Gasteiger partial charge in [0.1, 0.15) is 5.75 Å². The van der Waals surface area contributed by atoms with Gasteiger partial charge in [0.2, 0.25) is 0 Å². The molecule has 23 heavy (non-hydrogen) atoms. The average Bonchev–Trinajstić information content (AvgIpc) is 2.60. The van der Waals surface area contributed by atoms with E-state index in [-0.39, 0.29) is 12.1 Å². The van der Waals surface area contributed by atoms with Crippen LogP contribution in [0.3, 0.4) is 0 Å². The first-order chi connectivity index (χ1) is 11.3. The molecule has 1 atom stereocenters. The number of anilines is 1. The molecule has 5 nitrogen and oxygen atoms in total. The van der Waals surface area contributed by atoms with E-state index in [2.05, 4.69) is 34.1 Å². The van der Waals surface area contributed by atoms with Gasteiger partial charge in [0, 0.05) is 18.3 Å². The van der Waals surface area contributed by atoms with Gasteiger partial charge in [-0.25, -0.2) is 4.79 Å². The number of amides is 2. The molecule has 5 heteroatoms. The van der Waals surface area contributed by atoms with Gasteiger partial charge >= 0.3 is 6.03 Å². The van der Waals surface area contributed by atoms with Crippen LogP contribution in [0.5, 0.6) is 5.75 Å². The molecule has 3 rings (SSSR count). The molecule has 0 spiro atoms. The summed E-state index contributed by atoms with van der Waals surface area (Å²) in [7, 11) is 1.62. The predicted octanol–water partition coefficient (Wildman–Crippen LogP) is 2.70. The van der Waals surface area contributed by atoms with Crippen molar-refractivity contribution in [1.82, 2.24) is 10.6 Å². The topological polar surface area (TPSA) is 62.4 Å². The van der Waals surface area contributed by atoms with Crippen LogP contribution < -0.4 is 20.7 Å². The SMILES string of the molecule is COc1ccc(NC(=O)NCC2NCCc3ccccc32)cc1. The molecule has 1 aliphatic heterocycles. The van der Waals surface area contributed by atoms with Gasteiger partial charge in [-0.05, 0) is 48.4 Å². The van der Waals surface area contributed by atoms with E-state index in [4.69, 9.17) is 4.74 Å². The predicted molar refractivity (Wildman–Crippen MR) is 90.9 cm³/mol. The van der Waals surface area contributed by atoms with Crippen molar-refractivity contribution in [3.8, 4) is 5.75 Å². The van der Waals surface area contributed by atoms with E-state index >= 15 is 0 Å². The zero-order chi connectivity index (χ0) is 16.1. The minimum absolute atomic E-state index is 0.154. The molecule has 0 saturated heterocycles. The van der Waals surface area contributed by atoms with E-state index in [1.54, 1.807) is 7.11 Å². The summed E-state index contributed by atoms with van der Waals surface area (Å²) in [6, 6.07) is 15.6. The van der Waals surface area contributed by atoms with Crippen molar-refractivity contribution in [2.75, 3.05) is 25.5 Å². The van der Waals surface area contributed by atoms with Crippen molar-refractivity contribution in [3.05, 3.63) is 59.7 Å². The van der Waals surface area contributed by atoms with E-state index in [0.717, 1.165) is 24.4 Å². The van der Waals surface area contributed by atoms with E-state index < -0.39 is 0 Å². The smallest absolute Gasteiger partial charge is 0.319 e. The highest BCUT2D eigenvalue weighted by atomic mass is 16.5. The monoisotopic (exact) mass is 311 g/mol. The zero-order valence-electron chi connectivity index (χ0n) is 13.1. The van der Waals surface area contributed by atoms with E-state index in [0.29, 0.717) is 6.54 Å². The molecular formula is C18H21N3O2. The van der Waals surface area contributed by atoms with Crippen molar-refractivity contribution in [2.45, 2.75) is 12.5 Å². The number of benzene rings is 2. The summed E-state index contributed by atoms with van der Waals surface area (Å²) in [5.41, 5.74) is 3.36. The first kappa shape index (κ1) is 15.4. The lowest BCUT2D eigenvalue weighted by atomic mass is 9.94. The molecule has 0 aliphatic carbocycles. The van der Waals surface area contributed by atoms with Crippen LogP contribution in [-0.4, -0.2) is 26.2 Å². The van der Waals surface area contributed by atoms with Crippen LogP contribution in [0.25, 0.3) is 0 Å². The summed E-state index contributed by atoms with van der Waals surface area (Å²) in [5.74, 6) is 0.763. The lowest BCUT2D eigenvalue weighted by molar-refractivity contribution is 0.250. The maximum Gasteiger partial charge on any atom is 0.319 e. The van der Waals surface area contributed by atoms with Gasteiger partial charge in [-0.1, -0.05) is 24.3 Å². The first-order valence-corrected chi connectivity index (χ1v) is 7.76. The van der Waals surface area contributed by atoms with E-state index in [9.17, 15) is 4.79 Å². The second-order valence-corrected chi connectivity index (χ2v) is 5.52.